The van der Waals surface area contributed by atoms with E-state index in [0.717, 1.165) is 21.1 Å². The van der Waals surface area contributed by atoms with E-state index in [1.807, 2.05) is 61.5 Å². The minimum absolute atomic E-state index is 0.294. The van der Waals surface area contributed by atoms with Crippen molar-refractivity contribution in [3.05, 3.63) is 82.4 Å². The van der Waals surface area contributed by atoms with Gasteiger partial charge in [0.25, 0.3) is 11.8 Å². The molecule has 0 spiro atoms. The summed E-state index contributed by atoms with van der Waals surface area (Å²) < 4.78 is 0. The first-order valence-electron chi connectivity index (χ1n) is 9.80. The zero-order chi connectivity index (χ0) is 21.3. The Bertz CT molecular complexity index is 1110. The number of likely N-dealkylation sites (N-methyl/N-ethyl adjacent to an activating group) is 1. The molecule has 6 heteroatoms. The maximum atomic E-state index is 13.2. The third kappa shape index (κ3) is 3.84. The van der Waals surface area contributed by atoms with E-state index in [4.69, 9.17) is 4.98 Å². The summed E-state index contributed by atoms with van der Waals surface area (Å²) in [6.07, 6.45) is 8.13. The molecule has 1 aromatic heterocycles. The number of imide groups is 1. The number of carbonyl (C=O) groups is 2. The zero-order valence-corrected chi connectivity index (χ0v) is 17.9. The number of piperidine rings is 1. The van der Waals surface area contributed by atoms with Gasteiger partial charge >= 0.3 is 0 Å². The maximum absolute atomic E-state index is 13.2. The molecule has 0 saturated carbocycles. The minimum atomic E-state index is -0.311. The van der Waals surface area contributed by atoms with Gasteiger partial charge in [-0.25, -0.2) is 4.98 Å². The quantitative estimate of drug-likeness (QED) is 0.712. The lowest BCUT2D eigenvalue weighted by Gasteiger charge is -2.30. The predicted molar refractivity (Wildman–Crippen MR) is 121 cm³/mol. The number of amides is 2. The average Bonchev–Trinajstić information content (AvgIpc) is 3.13. The Kier molecular flexibility index (Phi) is 5.61. The fourth-order valence-corrected chi connectivity index (χ4v) is 4.43. The van der Waals surface area contributed by atoms with Crippen LogP contribution in [0.4, 0.5) is 0 Å². The Labute approximate surface area is 180 Å². The molecule has 1 aliphatic heterocycles. The molecule has 0 atom stereocenters. The molecular weight excluding hydrogens is 394 g/mol. The number of hydrogen-bond acceptors (Lipinski definition) is 5. The number of rotatable bonds is 4. The van der Waals surface area contributed by atoms with E-state index >= 15 is 0 Å². The molecule has 1 fully saturated rings. The van der Waals surface area contributed by atoms with Crippen LogP contribution in [0.3, 0.4) is 0 Å². The van der Waals surface area contributed by atoms with Crippen molar-refractivity contribution in [1.82, 2.24) is 14.8 Å². The van der Waals surface area contributed by atoms with Gasteiger partial charge in [-0.05, 0) is 31.8 Å². The summed E-state index contributed by atoms with van der Waals surface area (Å²) in [5.74, 6) is -0.605. The highest BCUT2D eigenvalue weighted by Crippen LogP contribution is 2.34. The van der Waals surface area contributed by atoms with Crippen LogP contribution in [0, 0.1) is 0 Å². The first kappa shape index (κ1) is 20.2. The topological polar surface area (TPSA) is 53.5 Å². The Hall–Kier alpha value is -3.09. The van der Waals surface area contributed by atoms with Crippen LogP contribution in [0.2, 0.25) is 0 Å². The Morgan fingerprint density at radius 1 is 1.13 bits per heavy atom. The molecule has 1 saturated heterocycles. The van der Waals surface area contributed by atoms with Crippen molar-refractivity contribution >= 4 is 29.2 Å². The molecule has 0 N–H and O–H groups in total. The lowest BCUT2D eigenvalue weighted by Crippen LogP contribution is -2.46. The van der Waals surface area contributed by atoms with E-state index in [9.17, 15) is 9.59 Å². The second-order valence-corrected chi connectivity index (χ2v) is 8.59. The van der Waals surface area contributed by atoms with Gasteiger partial charge in [-0.3, -0.25) is 14.5 Å². The van der Waals surface area contributed by atoms with Crippen LogP contribution in [0.5, 0.6) is 0 Å². The smallest absolute Gasteiger partial charge is 0.261 e. The zero-order valence-electron chi connectivity index (χ0n) is 17.1. The number of likely N-dealkylation sites (tertiary alicyclic amines) is 1. The van der Waals surface area contributed by atoms with Crippen LogP contribution in [0.25, 0.3) is 16.6 Å². The van der Waals surface area contributed by atoms with Crippen LogP contribution in [-0.4, -0.2) is 53.8 Å². The van der Waals surface area contributed by atoms with Gasteiger partial charge in [0.2, 0.25) is 0 Å². The molecule has 1 aromatic carbocycles. The van der Waals surface area contributed by atoms with Gasteiger partial charge in [-0.2, -0.15) is 0 Å². The van der Waals surface area contributed by atoms with Crippen molar-refractivity contribution in [2.45, 2.75) is 6.42 Å². The highest BCUT2D eigenvalue weighted by atomic mass is 32.1. The summed E-state index contributed by atoms with van der Waals surface area (Å²) in [6.45, 7) is 4.99. The van der Waals surface area contributed by atoms with Gasteiger partial charge in [0.1, 0.15) is 5.01 Å². The normalized spacial score (nSPS) is 21.0. The molecule has 2 bridgehead atoms. The van der Waals surface area contributed by atoms with Crippen LogP contribution < -0.4 is 0 Å². The molecule has 5 nitrogen and oxygen atoms in total. The molecule has 4 rings (SSSR count). The summed E-state index contributed by atoms with van der Waals surface area (Å²) in [7, 11) is 3.83. The number of allylic oxidation sites excluding steroid dienone is 3. The molecule has 2 heterocycles. The van der Waals surface area contributed by atoms with Crippen molar-refractivity contribution in [3.63, 3.8) is 0 Å². The lowest BCUT2D eigenvalue weighted by molar-refractivity contribution is -0.140. The molecule has 2 aromatic rings. The van der Waals surface area contributed by atoms with Gasteiger partial charge in [-0.1, -0.05) is 49.1 Å². The van der Waals surface area contributed by atoms with E-state index in [-0.39, 0.29) is 11.8 Å². The number of carbonyl (C=O) groups excluding carboxylic acids is 2. The number of nitrogens with zero attached hydrogens (tertiary/aromatic N) is 3. The third-order valence-electron chi connectivity index (χ3n) is 5.10. The van der Waals surface area contributed by atoms with E-state index in [1.165, 1.54) is 4.90 Å². The second kappa shape index (κ2) is 8.34. The Morgan fingerprint density at radius 2 is 1.87 bits per heavy atom. The number of thiazole rings is 1. The van der Waals surface area contributed by atoms with Gasteiger partial charge in [0.05, 0.1) is 5.69 Å². The van der Waals surface area contributed by atoms with Gasteiger partial charge in [0, 0.05) is 41.1 Å². The summed E-state index contributed by atoms with van der Waals surface area (Å²) in [6, 6.07) is 10.0. The maximum Gasteiger partial charge on any atom is 0.261 e. The molecule has 30 heavy (non-hydrogen) atoms. The van der Waals surface area contributed by atoms with Crippen LogP contribution in [0.15, 0.2) is 71.9 Å². The van der Waals surface area contributed by atoms with Crippen molar-refractivity contribution in [3.8, 4) is 10.6 Å². The fourth-order valence-electron chi connectivity index (χ4n) is 3.41. The van der Waals surface area contributed by atoms with Gasteiger partial charge in [-0.15, -0.1) is 11.3 Å². The standard InChI is InChI=1S/C24H23N3O2S/c1-16-18-11-7-8-12-21-20(25-22(30-21)17-9-5-4-6-10-17)15-19(16)24(29)27(23(18)28)14-13-26(2)3/h4-11,15H,1,12-14H2,2-3H3/b8-7-,18-11+,19-15+. The van der Waals surface area contributed by atoms with Crippen molar-refractivity contribution in [2.75, 3.05) is 27.2 Å². The molecule has 2 aliphatic rings. The van der Waals surface area contributed by atoms with Crippen LogP contribution >= 0.6 is 11.3 Å². The van der Waals surface area contributed by atoms with Gasteiger partial charge < -0.3 is 4.90 Å². The van der Waals surface area contributed by atoms with E-state index in [0.29, 0.717) is 36.2 Å². The molecular formula is C24H23N3O2S. The SMILES string of the molecule is C=C1/C2=C\C=C/Cc3sc(-c4ccccc4)nc3/C=C\1C(=O)N(CCN(C)C)C2=O. The first-order valence-corrected chi connectivity index (χ1v) is 10.6. The molecule has 1 aliphatic carbocycles. The summed E-state index contributed by atoms with van der Waals surface area (Å²) in [5, 5.41) is 0.910. The van der Waals surface area contributed by atoms with E-state index < -0.39 is 0 Å². The third-order valence-corrected chi connectivity index (χ3v) is 6.25. The Balaban J connectivity index is 1.80. The van der Waals surface area contributed by atoms with Crippen molar-refractivity contribution < 1.29 is 9.59 Å². The van der Waals surface area contributed by atoms with Crippen molar-refractivity contribution in [2.24, 2.45) is 0 Å². The molecule has 2 amide bonds. The van der Waals surface area contributed by atoms with Crippen LogP contribution in [-0.2, 0) is 16.0 Å². The number of benzene rings is 1. The fraction of sp³-hybridized carbons (Fsp3) is 0.208. The summed E-state index contributed by atoms with van der Waals surface area (Å²) >= 11 is 1.62. The highest BCUT2D eigenvalue weighted by Gasteiger charge is 2.36. The van der Waals surface area contributed by atoms with Gasteiger partial charge in [0.15, 0.2) is 0 Å². The Morgan fingerprint density at radius 3 is 2.60 bits per heavy atom. The van der Waals surface area contributed by atoms with Crippen LogP contribution in [0.1, 0.15) is 10.6 Å². The average molecular weight is 418 g/mol. The monoisotopic (exact) mass is 417 g/mol. The number of aromatic nitrogens is 1. The second-order valence-electron chi connectivity index (χ2n) is 7.51. The van der Waals surface area contributed by atoms with E-state index in [1.54, 1.807) is 23.5 Å². The predicted octanol–water partition coefficient (Wildman–Crippen LogP) is 3.72. The lowest BCUT2D eigenvalue weighted by atomic mass is 9.90. The number of fused-ring (bicyclic) bond motifs is 3. The molecule has 152 valence electrons. The minimum Gasteiger partial charge on any atom is -0.308 e. The van der Waals surface area contributed by atoms with Crippen molar-refractivity contribution in [1.29, 1.82) is 0 Å². The molecule has 0 unspecified atom stereocenters. The summed E-state index contributed by atoms with van der Waals surface area (Å²) in [5.41, 5.74) is 3.15. The largest absolute Gasteiger partial charge is 0.308 e. The highest BCUT2D eigenvalue weighted by molar-refractivity contribution is 7.15. The summed E-state index contributed by atoms with van der Waals surface area (Å²) in [4.78, 5) is 35.3. The van der Waals surface area contributed by atoms with E-state index in [2.05, 4.69) is 6.58 Å². The number of hydrogen-bond donors (Lipinski definition) is 0. The molecule has 0 radical (unpaired) electrons. The first-order chi connectivity index (χ1) is 14.5.